The number of carbonyl (C=O) groups is 1. The first-order chi connectivity index (χ1) is 9.95. The number of anilines is 1. The van der Waals surface area contributed by atoms with Gasteiger partial charge in [-0.15, -0.1) is 0 Å². The third-order valence-corrected chi connectivity index (χ3v) is 4.07. The third kappa shape index (κ3) is 4.48. The van der Waals surface area contributed by atoms with Crippen molar-refractivity contribution in [1.29, 1.82) is 0 Å². The van der Waals surface area contributed by atoms with Crippen LogP contribution in [0.4, 0.5) is 5.69 Å². The lowest BCUT2D eigenvalue weighted by molar-refractivity contribution is -0.118. The van der Waals surface area contributed by atoms with Crippen LogP contribution in [0.25, 0.3) is 0 Å². The Kier molecular flexibility index (Phi) is 5.26. The van der Waals surface area contributed by atoms with Gasteiger partial charge in [0.25, 0.3) is 5.91 Å². The molecule has 0 unspecified atom stereocenters. The standard InChI is InChI=1S/C16H15BrClNO2/c1-10-3-6-14(18)15(7-10)21-9-16(20)19-12-5-4-11(2)13(17)8-12/h3-8H,9H2,1-2H3,(H,19,20). The van der Waals surface area contributed by atoms with E-state index in [1.165, 1.54) is 0 Å². The second-order valence-electron chi connectivity index (χ2n) is 4.73. The summed E-state index contributed by atoms with van der Waals surface area (Å²) in [5.41, 5.74) is 2.85. The Hall–Kier alpha value is -1.52. The highest BCUT2D eigenvalue weighted by Gasteiger charge is 2.07. The highest BCUT2D eigenvalue weighted by Crippen LogP contribution is 2.25. The molecule has 1 N–H and O–H groups in total. The number of benzene rings is 2. The number of hydrogen-bond donors (Lipinski definition) is 1. The molecule has 0 saturated heterocycles. The lowest BCUT2D eigenvalue weighted by Gasteiger charge is -2.10. The molecule has 0 heterocycles. The van der Waals surface area contributed by atoms with Crippen LogP contribution in [-0.2, 0) is 4.79 Å². The predicted octanol–water partition coefficient (Wildman–Crippen LogP) is 4.74. The number of hydrogen-bond acceptors (Lipinski definition) is 2. The summed E-state index contributed by atoms with van der Waals surface area (Å²) in [6.07, 6.45) is 0. The number of halogens is 2. The van der Waals surface area contributed by atoms with Gasteiger partial charge in [0.05, 0.1) is 5.02 Å². The maximum Gasteiger partial charge on any atom is 0.262 e. The summed E-state index contributed by atoms with van der Waals surface area (Å²) >= 11 is 9.44. The van der Waals surface area contributed by atoms with Gasteiger partial charge in [-0.3, -0.25) is 4.79 Å². The Balaban J connectivity index is 1.95. The highest BCUT2D eigenvalue weighted by molar-refractivity contribution is 9.10. The molecule has 110 valence electrons. The zero-order chi connectivity index (χ0) is 15.4. The maximum absolute atomic E-state index is 11.9. The molecule has 0 saturated carbocycles. The zero-order valence-corrected chi connectivity index (χ0v) is 14.1. The number of ether oxygens (including phenoxy) is 1. The van der Waals surface area contributed by atoms with Crippen LogP contribution in [0.3, 0.4) is 0 Å². The highest BCUT2D eigenvalue weighted by atomic mass is 79.9. The number of nitrogens with one attached hydrogen (secondary N) is 1. The molecule has 2 rings (SSSR count). The Bertz CT molecular complexity index is 673. The predicted molar refractivity (Wildman–Crippen MR) is 89.2 cm³/mol. The van der Waals surface area contributed by atoms with Crippen LogP contribution < -0.4 is 10.1 Å². The van der Waals surface area contributed by atoms with Crippen LogP contribution in [0.2, 0.25) is 5.02 Å². The molecular formula is C16H15BrClNO2. The molecular weight excluding hydrogens is 354 g/mol. The lowest BCUT2D eigenvalue weighted by atomic mass is 10.2. The van der Waals surface area contributed by atoms with Crippen molar-refractivity contribution in [1.82, 2.24) is 0 Å². The van der Waals surface area contributed by atoms with Gasteiger partial charge in [0.1, 0.15) is 5.75 Å². The van der Waals surface area contributed by atoms with E-state index in [1.54, 1.807) is 12.1 Å². The fourth-order valence-corrected chi connectivity index (χ4v) is 2.28. The van der Waals surface area contributed by atoms with Gasteiger partial charge in [0.15, 0.2) is 6.61 Å². The maximum atomic E-state index is 11.9. The fraction of sp³-hybridized carbons (Fsp3) is 0.188. The largest absolute Gasteiger partial charge is 0.482 e. The van der Waals surface area contributed by atoms with Crippen molar-refractivity contribution in [2.24, 2.45) is 0 Å². The van der Waals surface area contributed by atoms with Crippen LogP contribution in [-0.4, -0.2) is 12.5 Å². The van der Waals surface area contributed by atoms with Crippen molar-refractivity contribution >= 4 is 39.1 Å². The van der Waals surface area contributed by atoms with E-state index in [9.17, 15) is 4.79 Å². The number of rotatable bonds is 4. The van der Waals surface area contributed by atoms with Crippen LogP contribution >= 0.6 is 27.5 Å². The van der Waals surface area contributed by atoms with Crippen LogP contribution in [0, 0.1) is 13.8 Å². The topological polar surface area (TPSA) is 38.3 Å². The second kappa shape index (κ2) is 6.96. The molecule has 2 aromatic carbocycles. The Labute approximate surface area is 137 Å². The molecule has 2 aromatic rings. The Morgan fingerprint density at radius 1 is 1.24 bits per heavy atom. The average Bonchev–Trinajstić information content (AvgIpc) is 2.44. The lowest BCUT2D eigenvalue weighted by Crippen LogP contribution is -2.20. The van der Waals surface area contributed by atoms with E-state index in [4.69, 9.17) is 16.3 Å². The number of aryl methyl sites for hydroxylation is 2. The van der Waals surface area contributed by atoms with E-state index in [2.05, 4.69) is 21.2 Å². The summed E-state index contributed by atoms with van der Waals surface area (Å²) in [5.74, 6) is 0.278. The van der Waals surface area contributed by atoms with Gasteiger partial charge in [0.2, 0.25) is 0 Å². The van der Waals surface area contributed by atoms with Crippen molar-refractivity contribution in [2.45, 2.75) is 13.8 Å². The molecule has 0 atom stereocenters. The van der Waals surface area contributed by atoms with Crippen molar-refractivity contribution in [2.75, 3.05) is 11.9 Å². The van der Waals surface area contributed by atoms with Gasteiger partial charge in [-0.2, -0.15) is 0 Å². The van der Waals surface area contributed by atoms with Gasteiger partial charge in [-0.1, -0.05) is 39.7 Å². The van der Waals surface area contributed by atoms with Crippen molar-refractivity contribution in [3.63, 3.8) is 0 Å². The number of amides is 1. The second-order valence-corrected chi connectivity index (χ2v) is 6.00. The average molecular weight is 369 g/mol. The quantitative estimate of drug-likeness (QED) is 0.846. The normalized spacial score (nSPS) is 10.3. The first kappa shape index (κ1) is 15.9. The molecule has 0 radical (unpaired) electrons. The van der Waals surface area contributed by atoms with Crippen LogP contribution in [0.5, 0.6) is 5.75 Å². The molecule has 0 aliphatic carbocycles. The van der Waals surface area contributed by atoms with E-state index in [0.29, 0.717) is 10.8 Å². The summed E-state index contributed by atoms with van der Waals surface area (Å²) in [6.45, 7) is 3.83. The molecule has 0 aliphatic rings. The van der Waals surface area contributed by atoms with Gasteiger partial charge in [0, 0.05) is 10.2 Å². The van der Waals surface area contributed by atoms with E-state index in [1.807, 2.05) is 38.1 Å². The summed E-state index contributed by atoms with van der Waals surface area (Å²) in [5, 5.41) is 3.27. The van der Waals surface area contributed by atoms with Crippen molar-refractivity contribution in [3.05, 3.63) is 57.0 Å². The van der Waals surface area contributed by atoms with Crippen molar-refractivity contribution in [3.8, 4) is 5.75 Å². The molecule has 0 spiro atoms. The minimum atomic E-state index is -0.233. The SMILES string of the molecule is Cc1ccc(Cl)c(OCC(=O)Nc2ccc(C)c(Br)c2)c1. The molecule has 0 fully saturated rings. The van der Waals surface area contributed by atoms with Gasteiger partial charge >= 0.3 is 0 Å². The molecule has 0 aromatic heterocycles. The van der Waals surface area contributed by atoms with E-state index in [-0.39, 0.29) is 12.5 Å². The molecule has 21 heavy (non-hydrogen) atoms. The summed E-state index contributed by atoms with van der Waals surface area (Å²) in [6, 6.07) is 11.1. The molecule has 0 bridgehead atoms. The van der Waals surface area contributed by atoms with E-state index in [0.717, 1.165) is 21.3 Å². The summed E-state index contributed by atoms with van der Waals surface area (Å²) in [7, 11) is 0. The third-order valence-electron chi connectivity index (χ3n) is 2.90. The minimum absolute atomic E-state index is 0.0886. The van der Waals surface area contributed by atoms with Gasteiger partial charge in [-0.25, -0.2) is 0 Å². The Morgan fingerprint density at radius 3 is 2.71 bits per heavy atom. The van der Waals surface area contributed by atoms with Gasteiger partial charge in [-0.05, 0) is 49.2 Å². The Morgan fingerprint density at radius 2 is 2.00 bits per heavy atom. The van der Waals surface area contributed by atoms with Crippen LogP contribution in [0.1, 0.15) is 11.1 Å². The summed E-state index contributed by atoms with van der Waals surface area (Å²) < 4.78 is 6.40. The molecule has 1 amide bonds. The van der Waals surface area contributed by atoms with Gasteiger partial charge < -0.3 is 10.1 Å². The molecule has 0 aliphatic heterocycles. The molecule has 5 heteroatoms. The zero-order valence-electron chi connectivity index (χ0n) is 11.7. The first-order valence-corrected chi connectivity index (χ1v) is 7.58. The summed E-state index contributed by atoms with van der Waals surface area (Å²) in [4.78, 5) is 11.9. The first-order valence-electron chi connectivity index (χ1n) is 6.40. The fourth-order valence-electron chi connectivity index (χ4n) is 1.73. The monoisotopic (exact) mass is 367 g/mol. The van der Waals surface area contributed by atoms with Crippen LogP contribution in [0.15, 0.2) is 40.9 Å². The number of carbonyl (C=O) groups excluding carboxylic acids is 1. The molecule has 3 nitrogen and oxygen atoms in total. The minimum Gasteiger partial charge on any atom is -0.482 e. The smallest absolute Gasteiger partial charge is 0.262 e. The van der Waals surface area contributed by atoms with E-state index < -0.39 is 0 Å². The van der Waals surface area contributed by atoms with E-state index >= 15 is 0 Å². The van der Waals surface area contributed by atoms with Crippen molar-refractivity contribution < 1.29 is 9.53 Å².